The number of hydrogen-bond acceptors (Lipinski definition) is 3. The molecule has 0 fully saturated rings. The number of carbonyl (C=O) groups is 1. The van der Waals surface area contributed by atoms with E-state index >= 15 is 0 Å². The highest BCUT2D eigenvalue weighted by Gasteiger charge is 2.04. The fourth-order valence-electron chi connectivity index (χ4n) is 0.830. The summed E-state index contributed by atoms with van der Waals surface area (Å²) in [5, 5.41) is 0. The van der Waals surface area contributed by atoms with Gasteiger partial charge in [0.25, 0.3) is 0 Å². The molecule has 3 heteroatoms. The van der Waals surface area contributed by atoms with Gasteiger partial charge < -0.3 is 4.74 Å². The van der Waals surface area contributed by atoms with Crippen LogP contribution in [0, 0.1) is 0 Å². The van der Waals surface area contributed by atoms with Gasteiger partial charge in [-0.05, 0) is 27.8 Å². The maximum atomic E-state index is 11.0. The minimum Gasteiger partial charge on any atom is -0.465 e. The van der Waals surface area contributed by atoms with Gasteiger partial charge in [-0.15, -0.1) is 0 Å². The zero-order chi connectivity index (χ0) is 10.3. The molecule has 0 heterocycles. The Balaban J connectivity index is 3.67. The molecule has 0 aliphatic rings. The fraction of sp³-hybridized carbons (Fsp3) is 0.700. The van der Waals surface area contributed by atoms with E-state index in [1.54, 1.807) is 0 Å². The molecule has 0 aliphatic heterocycles. The summed E-state index contributed by atoms with van der Waals surface area (Å²) in [7, 11) is 1.90. The summed E-state index contributed by atoms with van der Waals surface area (Å²) in [5.74, 6) is -0.160. The number of nitrogens with zero attached hydrogens (tertiary/aromatic N) is 1. The Morgan fingerprint density at radius 1 is 1.46 bits per heavy atom. The lowest BCUT2D eigenvalue weighted by Crippen LogP contribution is -2.27. The van der Waals surface area contributed by atoms with Crippen LogP contribution in [0.15, 0.2) is 11.6 Å². The Kier molecular flexibility index (Phi) is 6.24. The Morgan fingerprint density at radius 2 is 2.08 bits per heavy atom. The van der Waals surface area contributed by atoms with Gasteiger partial charge in [-0.2, -0.15) is 0 Å². The Labute approximate surface area is 80.4 Å². The van der Waals surface area contributed by atoms with Crippen molar-refractivity contribution in [2.45, 2.75) is 20.8 Å². The molecule has 0 atom stereocenters. The Bertz CT molecular complexity index is 183. The largest absolute Gasteiger partial charge is 0.465 e. The van der Waals surface area contributed by atoms with Crippen LogP contribution < -0.4 is 0 Å². The molecule has 0 aromatic carbocycles. The lowest BCUT2D eigenvalue weighted by Gasteiger charge is -2.12. The molecule has 0 unspecified atom stereocenters. The van der Waals surface area contributed by atoms with Gasteiger partial charge in [0.15, 0.2) is 0 Å². The van der Waals surface area contributed by atoms with Gasteiger partial charge in [-0.25, -0.2) is 0 Å². The predicted molar refractivity (Wildman–Crippen MR) is 53.6 cm³/mol. The predicted octanol–water partition coefficient (Wildman–Crippen LogP) is 1.45. The molecule has 0 amide bonds. The third kappa shape index (κ3) is 7.53. The summed E-state index contributed by atoms with van der Waals surface area (Å²) >= 11 is 0. The Morgan fingerprint density at radius 3 is 2.54 bits per heavy atom. The summed E-state index contributed by atoms with van der Waals surface area (Å²) in [4.78, 5) is 12.9. The standard InChI is InChI=1S/C10H19NO2/c1-5-13-10(12)8-11(4)7-6-9(2)3/h6H,5,7-8H2,1-4H3. The smallest absolute Gasteiger partial charge is 0.320 e. The monoisotopic (exact) mass is 185 g/mol. The number of ether oxygens (including phenoxy) is 1. The van der Waals surface area contributed by atoms with Crippen molar-refractivity contribution in [3.8, 4) is 0 Å². The van der Waals surface area contributed by atoms with Crippen LogP contribution in [-0.4, -0.2) is 37.6 Å². The summed E-state index contributed by atoms with van der Waals surface area (Å²) in [6.45, 7) is 7.50. The van der Waals surface area contributed by atoms with Crippen molar-refractivity contribution in [1.82, 2.24) is 4.90 Å². The van der Waals surface area contributed by atoms with Crippen LogP contribution in [0.2, 0.25) is 0 Å². The van der Waals surface area contributed by atoms with Crippen molar-refractivity contribution in [3.63, 3.8) is 0 Å². The van der Waals surface area contributed by atoms with E-state index in [1.165, 1.54) is 5.57 Å². The fourth-order valence-corrected chi connectivity index (χ4v) is 0.830. The Hall–Kier alpha value is -0.830. The lowest BCUT2D eigenvalue weighted by atomic mass is 10.3. The van der Waals surface area contributed by atoms with E-state index in [0.717, 1.165) is 6.54 Å². The molecule has 0 saturated carbocycles. The first-order chi connectivity index (χ1) is 6.06. The second-order valence-electron chi connectivity index (χ2n) is 3.28. The molecule has 0 aromatic heterocycles. The van der Waals surface area contributed by atoms with Gasteiger partial charge in [0.1, 0.15) is 0 Å². The van der Waals surface area contributed by atoms with Crippen LogP contribution in [0.1, 0.15) is 20.8 Å². The van der Waals surface area contributed by atoms with Crippen molar-refractivity contribution in [2.75, 3.05) is 26.7 Å². The SMILES string of the molecule is CCOC(=O)CN(C)CC=C(C)C. The number of rotatable bonds is 5. The van der Waals surface area contributed by atoms with Crippen molar-refractivity contribution < 1.29 is 9.53 Å². The zero-order valence-electron chi connectivity index (χ0n) is 8.96. The van der Waals surface area contributed by atoms with Crippen LogP contribution in [0.5, 0.6) is 0 Å². The van der Waals surface area contributed by atoms with E-state index in [-0.39, 0.29) is 5.97 Å². The third-order valence-electron chi connectivity index (χ3n) is 1.52. The molecule has 0 spiro atoms. The minimum atomic E-state index is -0.160. The highest BCUT2D eigenvalue weighted by molar-refractivity contribution is 5.71. The summed E-state index contributed by atoms with van der Waals surface area (Å²) in [6, 6.07) is 0. The third-order valence-corrected chi connectivity index (χ3v) is 1.52. The van der Waals surface area contributed by atoms with Gasteiger partial charge in [-0.3, -0.25) is 9.69 Å². The average Bonchev–Trinajstić information content (AvgIpc) is 2.01. The normalized spacial score (nSPS) is 9.92. The van der Waals surface area contributed by atoms with Crippen molar-refractivity contribution in [2.24, 2.45) is 0 Å². The van der Waals surface area contributed by atoms with Crippen LogP contribution in [-0.2, 0) is 9.53 Å². The van der Waals surface area contributed by atoms with E-state index in [2.05, 4.69) is 6.08 Å². The first kappa shape index (κ1) is 12.2. The second-order valence-corrected chi connectivity index (χ2v) is 3.28. The first-order valence-electron chi connectivity index (χ1n) is 4.53. The molecular weight excluding hydrogens is 166 g/mol. The molecule has 13 heavy (non-hydrogen) atoms. The maximum Gasteiger partial charge on any atom is 0.320 e. The number of carbonyl (C=O) groups excluding carboxylic acids is 1. The molecule has 0 radical (unpaired) electrons. The molecular formula is C10H19NO2. The summed E-state index contributed by atoms with van der Waals surface area (Å²) < 4.78 is 4.82. The quantitative estimate of drug-likeness (QED) is 0.479. The molecule has 0 bridgehead atoms. The molecule has 76 valence electrons. The topological polar surface area (TPSA) is 29.5 Å². The van der Waals surface area contributed by atoms with Crippen LogP contribution in [0.25, 0.3) is 0 Å². The summed E-state index contributed by atoms with van der Waals surface area (Å²) in [6.07, 6.45) is 2.08. The lowest BCUT2D eigenvalue weighted by molar-refractivity contribution is -0.143. The number of hydrogen-bond donors (Lipinski definition) is 0. The maximum absolute atomic E-state index is 11.0. The van der Waals surface area contributed by atoms with E-state index < -0.39 is 0 Å². The van der Waals surface area contributed by atoms with Gasteiger partial charge in [-0.1, -0.05) is 11.6 Å². The van der Waals surface area contributed by atoms with Crippen molar-refractivity contribution in [1.29, 1.82) is 0 Å². The minimum absolute atomic E-state index is 0.160. The zero-order valence-corrected chi connectivity index (χ0v) is 8.96. The van der Waals surface area contributed by atoms with Crippen LogP contribution >= 0.6 is 0 Å². The van der Waals surface area contributed by atoms with Gasteiger partial charge in [0.2, 0.25) is 0 Å². The van der Waals surface area contributed by atoms with E-state index in [4.69, 9.17) is 4.74 Å². The van der Waals surface area contributed by atoms with Crippen LogP contribution in [0.3, 0.4) is 0 Å². The van der Waals surface area contributed by atoms with E-state index in [0.29, 0.717) is 13.2 Å². The highest BCUT2D eigenvalue weighted by Crippen LogP contribution is 1.91. The van der Waals surface area contributed by atoms with Crippen molar-refractivity contribution >= 4 is 5.97 Å². The number of likely N-dealkylation sites (N-methyl/N-ethyl adjacent to an activating group) is 1. The van der Waals surface area contributed by atoms with E-state index in [9.17, 15) is 4.79 Å². The molecule has 0 aliphatic carbocycles. The molecule has 0 aromatic rings. The summed E-state index contributed by atoms with van der Waals surface area (Å²) in [5.41, 5.74) is 1.26. The molecule has 3 nitrogen and oxygen atoms in total. The average molecular weight is 185 g/mol. The number of allylic oxidation sites excluding steroid dienone is 1. The first-order valence-corrected chi connectivity index (χ1v) is 4.53. The van der Waals surface area contributed by atoms with Crippen LogP contribution in [0.4, 0.5) is 0 Å². The van der Waals surface area contributed by atoms with Crippen molar-refractivity contribution in [3.05, 3.63) is 11.6 Å². The van der Waals surface area contributed by atoms with Gasteiger partial charge in [0, 0.05) is 6.54 Å². The molecule has 0 saturated heterocycles. The van der Waals surface area contributed by atoms with Gasteiger partial charge >= 0.3 is 5.97 Å². The van der Waals surface area contributed by atoms with Gasteiger partial charge in [0.05, 0.1) is 13.2 Å². The number of esters is 1. The molecule has 0 N–H and O–H groups in total. The highest BCUT2D eigenvalue weighted by atomic mass is 16.5. The molecule has 0 rings (SSSR count). The van der Waals surface area contributed by atoms with E-state index in [1.807, 2.05) is 32.7 Å². The second kappa shape index (κ2) is 6.66.